The van der Waals surface area contributed by atoms with E-state index in [4.69, 9.17) is 0 Å². The van der Waals surface area contributed by atoms with Crippen LogP contribution in [-0.4, -0.2) is 4.57 Å². The van der Waals surface area contributed by atoms with E-state index in [2.05, 4.69) is 217 Å². The van der Waals surface area contributed by atoms with Crippen LogP contribution in [0.15, 0.2) is 218 Å². The number of hydrogen-bond donors (Lipinski definition) is 0. The molecule has 0 amide bonds. The van der Waals surface area contributed by atoms with Gasteiger partial charge in [-0.2, -0.15) is 0 Å². The average molecular weight is 738 g/mol. The average Bonchev–Trinajstić information content (AvgIpc) is 3.78. The summed E-state index contributed by atoms with van der Waals surface area (Å²) in [6, 6.07) is 74.7. The largest absolute Gasteiger partial charge is 0.309 e. The highest BCUT2D eigenvalue weighted by atomic mass is 15.0. The molecular weight excluding hydrogens is 699 g/mol. The summed E-state index contributed by atoms with van der Waals surface area (Å²) in [5.41, 5.74) is 16.2. The lowest BCUT2D eigenvalue weighted by atomic mass is 9.64. The zero-order valence-corrected chi connectivity index (χ0v) is 32.1. The Hall–Kier alpha value is -7.22. The van der Waals surface area contributed by atoms with Crippen LogP contribution in [0, 0.1) is 0 Å². The molecule has 9 aromatic carbocycles. The van der Waals surface area contributed by atoms with Crippen LogP contribution in [-0.2, 0) is 5.41 Å². The van der Waals surface area contributed by atoms with Crippen LogP contribution in [0.25, 0.3) is 76.9 Å². The highest BCUT2D eigenvalue weighted by Crippen LogP contribution is 2.59. The number of hydrogen-bond acceptors (Lipinski definition) is 0. The van der Waals surface area contributed by atoms with E-state index in [9.17, 15) is 0 Å². The first-order valence-corrected chi connectivity index (χ1v) is 20.5. The number of allylic oxidation sites excluding steroid dienone is 4. The quantitative estimate of drug-likeness (QED) is 0.155. The third-order valence-corrected chi connectivity index (χ3v) is 12.9. The van der Waals surface area contributed by atoms with Crippen LogP contribution in [0.2, 0.25) is 0 Å². The second-order valence-electron chi connectivity index (χ2n) is 15.9. The maximum absolute atomic E-state index is 2.57. The molecule has 0 N–H and O–H groups in total. The number of fused-ring (bicyclic) bond motifs is 8. The number of nitrogens with zero attached hydrogens (tertiary/aromatic N) is 1. The lowest BCUT2D eigenvalue weighted by molar-refractivity contribution is 0.698. The summed E-state index contributed by atoms with van der Waals surface area (Å²) >= 11 is 0. The van der Waals surface area contributed by atoms with E-state index >= 15 is 0 Å². The van der Waals surface area contributed by atoms with Crippen LogP contribution in [0.4, 0.5) is 0 Å². The van der Waals surface area contributed by atoms with Crippen molar-refractivity contribution in [2.24, 2.45) is 0 Å². The molecule has 0 unspecified atom stereocenters. The van der Waals surface area contributed by atoms with Gasteiger partial charge in [-0.25, -0.2) is 0 Å². The van der Waals surface area contributed by atoms with Gasteiger partial charge in [-0.05, 0) is 133 Å². The van der Waals surface area contributed by atoms with E-state index in [0.717, 1.165) is 12.8 Å². The van der Waals surface area contributed by atoms with Crippen LogP contribution in [0.3, 0.4) is 0 Å². The normalized spacial score (nSPS) is 14.4. The zero-order chi connectivity index (χ0) is 38.2. The summed E-state index contributed by atoms with van der Waals surface area (Å²) in [5.74, 6) is 0. The van der Waals surface area contributed by atoms with Crippen molar-refractivity contribution in [1.29, 1.82) is 0 Å². The minimum atomic E-state index is -0.496. The Morgan fingerprint density at radius 1 is 0.414 bits per heavy atom. The smallest absolute Gasteiger partial charge is 0.0677 e. The number of para-hydroxylation sites is 1. The molecule has 0 spiro atoms. The van der Waals surface area contributed by atoms with Gasteiger partial charge in [-0.15, -0.1) is 0 Å². The van der Waals surface area contributed by atoms with Crippen LogP contribution < -0.4 is 0 Å². The second-order valence-corrected chi connectivity index (χ2v) is 15.9. The van der Waals surface area contributed by atoms with Gasteiger partial charge in [0.05, 0.1) is 16.4 Å². The Labute approximate surface area is 338 Å². The van der Waals surface area contributed by atoms with Crippen molar-refractivity contribution >= 4 is 48.9 Å². The van der Waals surface area contributed by atoms with Crippen molar-refractivity contribution in [2.75, 3.05) is 0 Å². The van der Waals surface area contributed by atoms with Gasteiger partial charge in [-0.1, -0.05) is 170 Å². The summed E-state index contributed by atoms with van der Waals surface area (Å²) < 4.78 is 2.50. The fraction of sp³-hybridized carbons (Fsp3) is 0.0526. The van der Waals surface area contributed by atoms with Crippen molar-refractivity contribution in [1.82, 2.24) is 4.57 Å². The Balaban J connectivity index is 1.18. The minimum absolute atomic E-state index is 0.496. The Bertz CT molecular complexity index is 3240. The topological polar surface area (TPSA) is 4.93 Å². The third-order valence-electron chi connectivity index (χ3n) is 12.9. The Morgan fingerprint density at radius 3 is 1.74 bits per heavy atom. The molecule has 58 heavy (non-hydrogen) atoms. The molecule has 10 aromatic rings. The van der Waals surface area contributed by atoms with Gasteiger partial charge in [0.1, 0.15) is 0 Å². The molecule has 0 radical (unpaired) electrons. The monoisotopic (exact) mass is 737 g/mol. The molecule has 2 aliphatic carbocycles. The van der Waals surface area contributed by atoms with Crippen molar-refractivity contribution in [3.63, 3.8) is 0 Å². The van der Waals surface area contributed by atoms with E-state index in [-0.39, 0.29) is 0 Å². The number of aromatic nitrogens is 1. The first kappa shape index (κ1) is 33.0. The van der Waals surface area contributed by atoms with E-state index in [1.54, 1.807) is 0 Å². The van der Waals surface area contributed by atoms with Gasteiger partial charge in [0.15, 0.2) is 0 Å². The van der Waals surface area contributed by atoms with Gasteiger partial charge < -0.3 is 4.57 Å². The summed E-state index contributed by atoms with van der Waals surface area (Å²) in [5, 5.41) is 7.62. The fourth-order valence-corrected chi connectivity index (χ4v) is 10.4. The van der Waals surface area contributed by atoms with Crippen LogP contribution in [0.5, 0.6) is 0 Å². The predicted octanol–water partition coefficient (Wildman–Crippen LogP) is 14.9. The maximum Gasteiger partial charge on any atom is 0.0677 e. The zero-order valence-electron chi connectivity index (χ0n) is 32.1. The van der Waals surface area contributed by atoms with Gasteiger partial charge in [-0.3, -0.25) is 0 Å². The van der Waals surface area contributed by atoms with E-state index in [1.165, 1.54) is 105 Å². The molecule has 0 saturated heterocycles. The lowest BCUT2D eigenvalue weighted by Crippen LogP contribution is -2.30. The molecule has 0 aliphatic heterocycles. The number of benzene rings is 9. The number of rotatable bonds is 5. The van der Waals surface area contributed by atoms with E-state index in [0.29, 0.717) is 0 Å². The molecule has 0 bridgehead atoms. The lowest BCUT2D eigenvalue weighted by Gasteiger charge is -2.37. The van der Waals surface area contributed by atoms with Crippen molar-refractivity contribution in [3.8, 4) is 27.9 Å². The van der Waals surface area contributed by atoms with Gasteiger partial charge in [0.25, 0.3) is 0 Å². The SMILES string of the molecule is C1=CC2=C(CC1)C(c1cccc(-c3ccccc3)c1)(c1cccc(-c3ccccc3)c1)c1cc3c4ccccc4n(-c4ccc5ccc6ccccc6c5c4)c3cc12. The predicted molar refractivity (Wildman–Crippen MR) is 245 cm³/mol. The molecule has 1 heteroatoms. The third kappa shape index (κ3) is 4.83. The van der Waals surface area contributed by atoms with Crippen molar-refractivity contribution < 1.29 is 0 Å². The molecule has 1 aromatic heterocycles. The van der Waals surface area contributed by atoms with Gasteiger partial charge in [0, 0.05) is 16.5 Å². The van der Waals surface area contributed by atoms with E-state index < -0.39 is 5.41 Å². The molecule has 272 valence electrons. The van der Waals surface area contributed by atoms with Crippen LogP contribution >= 0.6 is 0 Å². The maximum atomic E-state index is 2.57. The van der Waals surface area contributed by atoms with Crippen LogP contribution in [0.1, 0.15) is 35.1 Å². The Kier molecular flexibility index (Phi) is 7.34. The summed E-state index contributed by atoms with van der Waals surface area (Å²) in [6.07, 6.45) is 6.82. The molecule has 0 saturated carbocycles. The highest BCUT2D eigenvalue weighted by Gasteiger charge is 2.48. The molecule has 12 rings (SSSR count). The Morgan fingerprint density at radius 2 is 1.02 bits per heavy atom. The molecular formula is C57H39N. The van der Waals surface area contributed by atoms with Gasteiger partial charge >= 0.3 is 0 Å². The molecule has 2 aliphatic rings. The highest BCUT2D eigenvalue weighted by molar-refractivity contribution is 6.13. The van der Waals surface area contributed by atoms with Gasteiger partial charge in [0.2, 0.25) is 0 Å². The van der Waals surface area contributed by atoms with Crippen molar-refractivity contribution in [2.45, 2.75) is 18.3 Å². The van der Waals surface area contributed by atoms with E-state index in [1.807, 2.05) is 0 Å². The second kappa shape index (κ2) is 12.9. The molecule has 0 fully saturated rings. The summed E-state index contributed by atoms with van der Waals surface area (Å²) in [4.78, 5) is 0. The minimum Gasteiger partial charge on any atom is -0.309 e. The first-order valence-electron chi connectivity index (χ1n) is 20.5. The molecule has 0 atom stereocenters. The summed E-state index contributed by atoms with van der Waals surface area (Å²) in [6.45, 7) is 0. The molecule has 1 nitrogen and oxygen atoms in total. The fourth-order valence-electron chi connectivity index (χ4n) is 10.4. The first-order chi connectivity index (χ1) is 28.8. The standard InChI is InChI=1S/C57H39N/c1-3-15-38(16-4-1)42-20-13-22-44(33-42)57(45-23-14-21-43(34-45)39-17-5-2-6-18-39)53-27-11-9-25-48(53)51-37-56-52(36-54(51)57)49-26-10-12-28-55(49)58(56)46-32-31-41-30-29-40-19-7-8-24-47(40)50(41)35-46/h1-10,12-26,28-37H,11,27H2. The molecule has 1 heterocycles. The summed E-state index contributed by atoms with van der Waals surface area (Å²) in [7, 11) is 0. The van der Waals surface area contributed by atoms with Crippen molar-refractivity contribution in [3.05, 3.63) is 240 Å².